The molecule has 0 aliphatic rings. The minimum absolute atomic E-state index is 0.203. The van der Waals surface area contributed by atoms with Gasteiger partial charge >= 0.3 is 5.97 Å². The molecule has 110 valence electrons. The van der Waals surface area contributed by atoms with Crippen molar-refractivity contribution in [2.75, 3.05) is 13.7 Å². The molecule has 0 spiro atoms. The first kappa shape index (κ1) is 16.6. The van der Waals surface area contributed by atoms with Gasteiger partial charge in [0.2, 0.25) is 0 Å². The van der Waals surface area contributed by atoms with E-state index in [9.17, 15) is 14.0 Å². The van der Waals surface area contributed by atoms with E-state index in [1.165, 1.54) is 19.2 Å². The zero-order chi connectivity index (χ0) is 15.1. The summed E-state index contributed by atoms with van der Waals surface area (Å²) in [4.78, 5) is 23.0. The van der Waals surface area contributed by atoms with Gasteiger partial charge in [-0.15, -0.1) is 0 Å². The van der Waals surface area contributed by atoms with Crippen LogP contribution >= 0.6 is 15.9 Å². The third-order valence-electron chi connectivity index (χ3n) is 2.63. The van der Waals surface area contributed by atoms with Gasteiger partial charge < -0.3 is 15.2 Å². The quantitative estimate of drug-likeness (QED) is 0.741. The highest BCUT2D eigenvalue weighted by Gasteiger charge is 2.23. The van der Waals surface area contributed by atoms with Crippen molar-refractivity contribution in [1.82, 2.24) is 5.32 Å². The summed E-state index contributed by atoms with van der Waals surface area (Å²) in [6, 6.07) is 3.02. The van der Waals surface area contributed by atoms with Crippen LogP contribution in [0.2, 0.25) is 0 Å². The Kier molecular flexibility index (Phi) is 6.60. The molecule has 7 heteroatoms. The fourth-order valence-corrected chi connectivity index (χ4v) is 2.16. The van der Waals surface area contributed by atoms with Crippen LogP contribution < -0.4 is 5.32 Å². The lowest BCUT2D eigenvalue weighted by atomic mass is 10.1. The van der Waals surface area contributed by atoms with Crippen molar-refractivity contribution in [3.63, 3.8) is 0 Å². The van der Waals surface area contributed by atoms with Crippen molar-refractivity contribution in [2.24, 2.45) is 0 Å². The second-order valence-corrected chi connectivity index (χ2v) is 4.95. The van der Waals surface area contributed by atoms with Crippen molar-refractivity contribution in [3.05, 3.63) is 34.1 Å². The van der Waals surface area contributed by atoms with Crippen LogP contribution in [0.3, 0.4) is 0 Å². The monoisotopic (exact) mass is 347 g/mol. The normalized spacial score (nSPS) is 11.9. The molecule has 0 saturated carbocycles. The van der Waals surface area contributed by atoms with Gasteiger partial charge in [0.05, 0.1) is 5.56 Å². The first-order valence-corrected chi connectivity index (χ1v) is 6.73. The summed E-state index contributed by atoms with van der Waals surface area (Å²) in [5.41, 5.74) is -0.203. The minimum atomic E-state index is -1.16. The van der Waals surface area contributed by atoms with Gasteiger partial charge in [0, 0.05) is 18.2 Å². The number of carboxylic acids is 1. The van der Waals surface area contributed by atoms with Gasteiger partial charge in [-0.05, 0) is 40.9 Å². The maximum Gasteiger partial charge on any atom is 0.326 e. The third kappa shape index (κ3) is 4.57. The number of amides is 1. The summed E-state index contributed by atoms with van der Waals surface area (Å²) in [5, 5.41) is 11.4. The molecule has 0 saturated heterocycles. The highest BCUT2D eigenvalue weighted by Crippen LogP contribution is 2.19. The van der Waals surface area contributed by atoms with Gasteiger partial charge in [-0.2, -0.15) is 0 Å². The van der Waals surface area contributed by atoms with Gasteiger partial charge in [0.15, 0.2) is 0 Å². The molecule has 2 N–H and O–H groups in total. The van der Waals surface area contributed by atoms with Crippen LogP contribution in [0.25, 0.3) is 0 Å². The molecular formula is C13H15BrFNO4. The van der Waals surface area contributed by atoms with Crippen molar-refractivity contribution in [3.8, 4) is 0 Å². The SMILES string of the molecule is COCCCC(NC(=O)c1c(F)cccc1Br)C(=O)O. The van der Waals surface area contributed by atoms with E-state index in [0.717, 1.165) is 6.07 Å². The Morgan fingerprint density at radius 2 is 2.20 bits per heavy atom. The second-order valence-electron chi connectivity index (χ2n) is 4.10. The predicted molar refractivity (Wildman–Crippen MR) is 74.1 cm³/mol. The van der Waals surface area contributed by atoms with Gasteiger partial charge in [-0.1, -0.05) is 6.07 Å². The molecule has 1 unspecified atom stereocenters. The first-order valence-electron chi connectivity index (χ1n) is 5.94. The predicted octanol–water partition coefficient (Wildman–Crippen LogP) is 2.20. The summed E-state index contributed by atoms with van der Waals surface area (Å²) in [6.45, 7) is 0.392. The molecule has 0 heterocycles. The molecule has 1 atom stereocenters. The number of hydrogen-bond donors (Lipinski definition) is 2. The number of carbonyl (C=O) groups excluding carboxylic acids is 1. The molecule has 0 aliphatic carbocycles. The van der Waals surface area contributed by atoms with Crippen LogP contribution in [0.15, 0.2) is 22.7 Å². The molecule has 0 bridgehead atoms. The van der Waals surface area contributed by atoms with Crippen molar-refractivity contribution in [1.29, 1.82) is 0 Å². The number of rotatable bonds is 7. The molecule has 1 rings (SSSR count). The van der Waals surface area contributed by atoms with Crippen LogP contribution in [0, 0.1) is 5.82 Å². The molecule has 1 aromatic carbocycles. The Hall–Kier alpha value is -1.47. The fourth-order valence-electron chi connectivity index (χ4n) is 1.63. The molecule has 0 radical (unpaired) electrons. The van der Waals surface area contributed by atoms with E-state index in [0.29, 0.717) is 13.0 Å². The Balaban J connectivity index is 2.78. The zero-order valence-corrected chi connectivity index (χ0v) is 12.4. The van der Waals surface area contributed by atoms with Crippen molar-refractivity contribution >= 4 is 27.8 Å². The van der Waals surface area contributed by atoms with E-state index in [2.05, 4.69) is 21.2 Å². The number of aliphatic carboxylic acids is 1. The molecule has 0 fully saturated rings. The van der Waals surface area contributed by atoms with Crippen LogP contribution in [-0.4, -0.2) is 36.7 Å². The van der Waals surface area contributed by atoms with E-state index in [1.54, 1.807) is 0 Å². The number of benzene rings is 1. The number of ether oxygens (including phenoxy) is 1. The number of carboxylic acid groups (broad SMARTS) is 1. The molecule has 1 amide bonds. The third-order valence-corrected chi connectivity index (χ3v) is 3.30. The summed E-state index contributed by atoms with van der Waals surface area (Å²) >= 11 is 3.07. The number of carbonyl (C=O) groups is 2. The lowest BCUT2D eigenvalue weighted by Gasteiger charge is -2.15. The van der Waals surface area contributed by atoms with Crippen LogP contribution in [-0.2, 0) is 9.53 Å². The summed E-state index contributed by atoms with van der Waals surface area (Å²) in [5.74, 6) is -2.64. The van der Waals surface area contributed by atoms with Gasteiger partial charge in [-0.3, -0.25) is 4.79 Å². The average molecular weight is 348 g/mol. The molecule has 20 heavy (non-hydrogen) atoms. The average Bonchev–Trinajstić information content (AvgIpc) is 2.37. The molecule has 5 nitrogen and oxygen atoms in total. The van der Waals surface area contributed by atoms with Crippen LogP contribution in [0.1, 0.15) is 23.2 Å². The highest BCUT2D eigenvalue weighted by molar-refractivity contribution is 9.10. The number of methoxy groups -OCH3 is 1. The maximum atomic E-state index is 13.6. The van der Waals surface area contributed by atoms with Crippen LogP contribution in [0.5, 0.6) is 0 Å². The first-order chi connectivity index (χ1) is 9.47. The van der Waals surface area contributed by atoms with E-state index in [-0.39, 0.29) is 16.5 Å². The lowest BCUT2D eigenvalue weighted by molar-refractivity contribution is -0.139. The topological polar surface area (TPSA) is 75.6 Å². The second kappa shape index (κ2) is 7.96. The van der Waals surface area contributed by atoms with Gasteiger partial charge in [0.1, 0.15) is 11.9 Å². The molecule has 0 aromatic heterocycles. The maximum absolute atomic E-state index is 13.6. The van der Waals surface area contributed by atoms with Crippen molar-refractivity contribution in [2.45, 2.75) is 18.9 Å². The number of hydrogen-bond acceptors (Lipinski definition) is 3. The Labute approximate surface area is 124 Å². The summed E-state index contributed by atoms with van der Waals surface area (Å²) < 4.78 is 18.7. The van der Waals surface area contributed by atoms with E-state index in [4.69, 9.17) is 9.84 Å². The largest absolute Gasteiger partial charge is 0.480 e. The number of nitrogens with one attached hydrogen (secondary N) is 1. The van der Waals surface area contributed by atoms with Gasteiger partial charge in [0.25, 0.3) is 5.91 Å². The summed E-state index contributed by atoms with van der Waals surface area (Å²) in [7, 11) is 1.50. The van der Waals surface area contributed by atoms with Crippen molar-refractivity contribution < 1.29 is 23.8 Å². The lowest BCUT2D eigenvalue weighted by Crippen LogP contribution is -2.41. The Morgan fingerprint density at radius 3 is 2.75 bits per heavy atom. The highest BCUT2D eigenvalue weighted by atomic mass is 79.9. The Bertz CT molecular complexity index is 475. The van der Waals surface area contributed by atoms with E-state index in [1.807, 2.05) is 0 Å². The number of halogens is 2. The van der Waals surface area contributed by atoms with E-state index >= 15 is 0 Å². The molecule has 0 aliphatic heterocycles. The Morgan fingerprint density at radius 1 is 1.50 bits per heavy atom. The van der Waals surface area contributed by atoms with E-state index < -0.39 is 23.7 Å². The molecule has 1 aromatic rings. The fraction of sp³-hybridized carbons (Fsp3) is 0.385. The zero-order valence-electron chi connectivity index (χ0n) is 10.9. The van der Waals surface area contributed by atoms with Crippen LogP contribution in [0.4, 0.5) is 4.39 Å². The smallest absolute Gasteiger partial charge is 0.326 e. The standard InChI is InChI=1S/C13H15BrFNO4/c1-20-7-3-6-10(13(18)19)16-12(17)11-8(14)4-2-5-9(11)15/h2,4-5,10H,3,6-7H2,1H3,(H,16,17)(H,18,19). The minimum Gasteiger partial charge on any atom is -0.480 e. The molecular weight excluding hydrogens is 333 g/mol. The van der Waals surface area contributed by atoms with Gasteiger partial charge in [-0.25, -0.2) is 9.18 Å². The summed E-state index contributed by atoms with van der Waals surface area (Å²) in [6.07, 6.45) is 0.688.